The summed E-state index contributed by atoms with van der Waals surface area (Å²) in [5, 5.41) is 3.99. The SMILES string of the molecule is C[C@H]1CNCCN1C(=O)C1COc2ccc(Cl)cc2C1. The lowest BCUT2D eigenvalue weighted by atomic mass is 9.94. The molecule has 1 aromatic rings. The van der Waals surface area contributed by atoms with Gasteiger partial charge in [0, 0.05) is 30.7 Å². The largest absolute Gasteiger partial charge is 0.492 e. The number of carbonyl (C=O) groups is 1. The quantitative estimate of drug-likeness (QED) is 0.857. The number of hydrogen-bond donors (Lipinski definition) is 1. The van der Waals surface area contributed by atoms with Crippen molar-refractivity contribution < 1.29 is 9.53 Å². The number of nitrogens with one attached hydrogen (secondary N) is 1. The van der Waals surface area contributed by atoms with Gasteiger partial charge in [-0.25, -0.2) is 0 Å². The van der Waals surface area contributed by atoms with Gasteiger partial charge in [-0.2, -0.15) is 0 Å². The number of rotatable bonds is 1. The van der Waals surface area contributed by atoms with Crippen LogP contribution in [0.1, 0.15) is 12.5 Å². The van der Waals surface area contributed by atoms with E-state index < -0.39 is 0 Å². The van der Waals surface area contributed by atoms with Crippen molar-refractivity contribution in [2.24, 2.45) is 5.92 Å². The monoisotopic (exact) mass is 294 g/mol. The van der Waals surface area contributed by atoms with Gasteiger partial charge in [0.2, 0.25) is 5.91 Å². The van der Waals surface area contributed by atoms with E-state index in [2.05, 4.69) is 12.2 Å². The lowest BCUT2D eigenvalue weighted by Gasteiger charge is -2.37. The highest BCUT2D eigenvalue weighted by atomic mass is 35.5. The van der Waals surface area contributed by atoms with Gasteiger partial charge in [-0.05, 0) is 37.1 Å². The topological polar surface area (TPSA) is 41.6 Å². The molecular weight excluding hydrogens is 276 g/mol. The molecular formula is C15H19ClN2O2. The predicted molar refractivity (Wildman–Crippen MR) is 78.2 cm³/mol. The summed E-state index contributed by atoms with van der Waals surface area (Å²) >= 11 is 6.02. The molecule has 2 aliphatic rings. The molecule has 0 aliphatic carbocycles. The molecule has 2 heterocycles. The zero-order chi connectivity index (χ0) is 14.1. The fourth-order valence-electron chi connectivity index (χ4n) is 2.92. The van der Waals surface area contributed by atoms with E-state index in [9.17, 15) is 4.79 Å². The van der Waals surface area contributed by atoms with Crippen molar-refractivity contribution in [3.63, 3.8) is 0 Å². The van der Waals surface area contributed by atoms with E-state index in [1.807, 2.05) is 23.1 Å². The summed E-state index contributed by atoms with van der Waals surface area (Å²) in [4.78, 5) is 14.6. The lowest BCUT2D eigenvalue weighted by molar-refractivity contribution is -0.139. The maximum atomic E-state index is 12.6. The average Bonchev–Trinajstić information content (AvgIpc) is 2.46. The Balaban J connectivity index is 1.74. The molecule has 20 heavy (non-hydrogen) atoms. The van der Waals surface area contributed by atoms with E-state index in [1.165, 1.54) is 0 Å². The number of halogens is 1. The Bertz CT molecular complexity index is 521. The Morgan fingerprint density at radius 3 is 3.15 bits per heavy atom. The summed E-state index contributed by atoms with van der Waals surface area (Å²) in [5.74, 6) is 0.956. The number of carbonyl (C=O) groups excluding carboxylic acids is 1. The minimum atomic E-state index is -0.0958. The molecule has 0 bridgehead atoms. The third kappa shape index (κ3) is 2.63. The van der Waals surface area contributed by atoms with Crippen molar-refractivity contribution in [1.82, 2.24) is 10.2 Å². The van der Waals surface area contributed by atoms with Gasteiger partial charge in [-0.15, -0.1) is 0 Å². The molecule has 1 unspecified atom stereocenters. The second-order valence-electron chi connectivity index (χ2n) is 5.55. The van der Waals surface area contributed by atoms with Crippen LogP contribution in [-0.2, 0) is 11.2 Å². The standard InChI is InChI=1S/C15H19ClN2O2/c1-10-8-17-4-5-18(10)15(19)12-6-11-7-13(16)2-3-14(11)20-9-12/h2-3,7,10,12,17H,4-6,8-9H2,1H3/t10-,12?/m0/s1. The van der Waals surface area contributed by atoms with Crippen LogP contribution in [0.15, 0.2) is 18.2 Å². The smallest absolute Gasteiger partial charge is 0.229 e. The van der Waals surface area contributed by atoms with Crippen molar-refractivity contribution in [3.8, 4) is 5.75 Å². The van der Waals surface area contributed by atoms with Gasteiger partial charge in [0.05, 0.1) is 5.92 Å². The lowest BCUT2D eigenvalue weighted by Crippen LogP contribution is -2.54. The van der Waals surface area contributed by atoms with Crippen LogP contribution in [-0.4, -0.2) is 43.1 Å². The zero-order valence-corrected chi connectivity index (χ0v) is 12.3. The van der Waals surface area contributed by atoms with Crippen molar-refractivity contribution >= 4 is 17.5 Å². The van der Waals surface area contributed by atoms with Crippen molar-refractivity contribution in [3.05, 3.63) is 28.8 Å². The van der Waals surface area contributed by atoms with Crippen LogP contribution in [0.4, 0.5) is 0 Å². The van der Waals surface area contributed by atoms with Gasteiger partial charge in [0.25, 0.3) is 0 Å². The van der Waals surface area contributed by atoms with Gasteiger partial charge in [-0.3, -0.25) is 4.79 Å². The van der Waals surface area contributed by atoms with Gasteiger partial charge in [0.15, 0.2) is 0 Å². The molecule has 1 saturated heterocycles. The molecule has 108 valence electrons. The summed E-state index contributed by atoms with van der Waals surface area (Å²) in [6, 6.07) is 5.85. The first kappa shape index (κ1) is 13.7. The molecule has 1 aromatic carbocycles. The maximum Gasteiger partial charge on any atom is 0.229 e. The zero-order valence-electron chi connectivity index (χ0n) is 11.6. The first-order valence-electron chi connectivity index (χ1n) is 7.07. The van der Waals surface area contributed by atoms with Crippen LogP contribution in [0.5, 0.6) is 5.75 Å². The van der Waals surface area contributed by atoms with E-state index in [0.29, 0.717) is 18.1 Å². The van der Waals surface area contributed by atoms with Gasteiger partial charge in [0.1, 0.15) is 12.4 Å². The van der Waals surface area contributed by atoms with Crippen molar-refractivity contribution in [1.29, 1.82) is 0 Å². The molecule has 2 atom stereocenters. The van der Waals surface area contributed by atoms with E-state index in [-0.39, 0.29) is 17.9 Å². The molecule has 1 fully saturated rings. The van der Waals surface area contributed by atoms with Crippen molar-refractivity contribution in [2.75, 3.05) is 26.2 Å². The fraction of sp³-hybridized carbons (Fsp3) is 0.533. The van der Waals surface area contributed by atoms with Crippen LogP contribution in [0.3, 0.4) is 0 Å². The second-order valence-corrected chi connectivity index (χ2v) is 5.99. The third-order valence-corrected chi connectivity index (χ3v) is 4.30. The van der Waals surface area contributed by atoms with Gasteiger partial charge >= 0.3 is 0 Å². The van der Waals surface area contributed by atoms with Gasteiger partial charge in [-0.1, -0.05) is 11.6 Å². The maximum absolute atomic E-state index is 12.6. The number of benzene rings is 1. The van der Waals surface area contributed by atoms with E-state index >= 15 is 0 Å². The van der Waals surface area contributed by atoms with E-state index in [0.717, 1.165) is 30.9 Å². The number of piperazine rings is 1. The highest BCUT2D eigenvalue weighted by Gasteiger charge is 2.32. The summed E-state index contributed by atoms with van der Waals surface area (Å²) in [6.07, 6.45) is 0.714. The highest BCUT2D eigenvalue weighted by molar-refractivity contribution is 6.30. The number of amides is 1. The molecule has 3 rings (SSSR count). The molecule has 1 N–H and O–H groups in total. The third-order valence-electron chi connectivity index (χ3n) is 4.06. The molecule has 5 heteroatoms. The molecule has 4 nitrogen and oxygen atoms in total. The minimum absolute atomic E-state index is 0.0958. The Labute approximate surface area is 124 Å². The first-order chi connectivity index (χ1) is 9.65. The summed E-state index contributed by atoms with van der Waals surface area (Å²) in [6.45, 7) is 5.05. The summed E-state index contributed by atoms with van der Waals surface area (Å²) in [7, 11) is 0. The summed E-state index contributed by atoms with van der Waals surface area (Å²) in [5.41, 5.74) is 1.03. The fourth-order valence-corrected chi connectivity index (χ4v) is 3.12. The van der Waals surface area contributed by atoms with E-state index in [4.69, 9.17) is 16.3 Å². The van der Waals surface area contributed by atoms with Crippen LogP contribution < -0.4 is 10.1 Å². The Morgan fingerprint density at radius 1 is 1.50 bits per heavy atom. The minimum Gasteiger partial charge on any atom is -0.492 e. The number of fused-ring (bicyclic) bond motifs is 1. The molecule has 0 radical (unpaired) electrons. The molecule has 0 saturated carbocycles. The average molecular weight is 295 g/mol. The Kier molecular flexibility index (Phi) is 3.85. The Morgan fingerprint density at radius 2 is 2.35 bits per heavy atom. The second kappa shape index (κ2) is 5.62. The van der Waals surface area contributed by atoms with Gasteiger partial charge < -0.3 is 15.0 Å². The van der Waals surface area contributed by atoms with E-state index in [1.54, 1.807) is 0 Å². The molecule has 1 amide bonds. The normalized spacial score (nSPS) is 25.8. The number of ether oxygens (including phenoxy) is 1. The predicted octanol–water partition coefficient (Wildman–Crippen LogP) is 1.71. The molecule has 0 spiro atoms. The van der Waals surface area contributed by atoms with Crippen LogP contribution in [0.25, 0.3) is 0 Å². The van der Waals surface area contributed by atoms with Crippen LogP contribution >= 0.6 is 11.6 Å². The van der Waals surface area contributed by atoms with Crippen LogP contribution in [0.2, 0.25) is 5.02 Å². The van der Waals surface area contributed by atoms with Crippen LogP contribution in [0, 0.1) is 5.92 Å². The number of hydrogen-bond acceptors (Lipinski definition) is 3. The first-order valence-corrected chi connectivity index (χ1v) is 7.45. The summed E-state index contributed by atoms with van der Waals surface area (Å²) < 4.78 is 5.72. The molecule has 0 aromatic heterocycles. The van der Waals surface area contributed by atoms with Crippen molar-refractivity contribution in [2.45, 2.75) is 19.4 Å². The molecule has 2 aliphatic heterocycles. The Hall–Kier alpha value is -1.26. The highest BCUT2D eigenvalue weighted by Crippen LogP contribution is 2.30. The number of nitrogens with zero attached hydrogens (tertiary/aromatic N) is 1.